The van der Waals surface area contributed by atoms with E-state index < -0.39 is 0 Å². The summed E-state index contributed by atoms with van der Waals surface area (Å²) in [5, 5.41) is 2.95. The van der Waals surface area contributed by atoms with Crippen LogP contribution >= 0.6 is 0 Å². The summed E-state index contributed by atoms with van der Waals surface area (Å²) in [5.41, 5.74) is 12.2. The summed E-state index contributed by atoms with van der Waals surface area (Å²) in [6.07, 6.45) is 3.98. The van der Waals surface area contributed by atoms with Crippen molar-refractivity contribution in [3.8, 4) is 0 Å². The number of nitrogens with two attached hydrogens (primary N) is 2. The zero-order valence-corrected chi connectivity index (χ0v) is 15.5. The predicted molar refractivity (Wildman–Crippen MR) is 103 cm³/mol. The Hall–Kier alpha value is -2.41. The lowest BCUT2D eigenvalue weighted by atomic mass is 9.94. The number of rotatable bonds is 5. The first kappa shape index (κ1) is 19.4. The van der Waals surface area contributed by atoms with Gasteiger partial charge in [0.05, 0.1) is 11.3 Å². The molecule has 2 aliphatic rings. The van der Waals surface area contributed by atoms with Crippen molar-refractivity contribution in [2.45, 2.75) is 32.1 Å². The van der Waals surface area contributed by atoms with Crippen LogP contribution in [-0.4, -0.2) is 42.3 Å². The van der Waals surface area contributed by atoms with Crippen molar-refractivity contribution in [1.82, 2.24) is 4.90 Å². The Morgan fingerprint density at radius 1 is 1.07 bits per heavy atom. The molecule has 0 unspecified atom stereocenters. The number of carbonyl (C=O) groups is 3. The van der Waals surface area contributed by atoms with Crippen molar-refractivity contribution in [3.63, 3.8) is 0 Å². The van der Waals surface area contributed by atoms with Gasteiger partial charge in [-0.1, -0.05) is 18.6 Å². The Bertz CT molecular complexity index is 713. The fourth-order valence-corrected chi connectivity index (χ4v) is 4.21. The Morgan fingerprint density at radius 2 is 1.78 bits per heavy atom. The molecule has 1 aliphatic carbocycles. The van der Waals surface area contributed by atoms with Crippen molar-refractivity contribution in [2.24, 2.45) is 29.2 Å². The fraction of sp³-hybridized carbons (Fsp3) is 0.550. The van der Waals surface area contributed by atoms with Crippen molar-refractivity contribution in [2.75, 3.05) is 25.0 Å². The number of nitrogens with one attached hydrogen (secondary N) is 1. The Labute approximate surface area is 159 Å². The van der Waals surface area contributed by atoms with Gasteiger partial charge in [-0.25, -0.2) is 0 Å². The molecule has 2 fully saturated rings. The lowest BCUT2D eigenvalue weighted by Gasteiger charge is -2.31. The zero-order valence-electron chi connectivity index (χ0n) is 15.5. The molecule has 0 bridgehead atoms. The third kappa shape index (κ3) is 4.30. The summed E-state index contributed by atoms with van der Waals surface area (Å²) in [6, 6.07) is 7.08. The van der Waals surface area contributed by atoms with E-state index >= 15 is 0 Å². The van der Waals surface area contributed by atoms with Crippen molar-refractivity contribution in [1.29, 1.82) is 0 Å². The molecular weight excluding hydrogens is 344 g/mol. The molecule has 1 aromatic carbocycles. The second kappa shape index (κ2) is 8.52. The first-order valence-electron chi connectivity index (χ1n) is 9.69. The molecule has 7 nitrogen and oxygen atoms in total. The summed E-state index contributed by atoms with van der Waals surface area (Å²) >= 11 is 0. The topological polar surface area (TPSA) is 119 Å². The molecule has 5 N–H and O–H groups in total. The van der Waals surface area contributed by atoms with E-state index in [9.17, 15) is 14.4 Å². The minimum absolute atomic E-state index is 0.0596. The minimum Gasteiger partial charge on any atom is -0.369 e. The molecule has 1 heterocycles. The van der Waals surface area contributed by atoms with Crippen LogP contribution in [0, 0.1) is 17.8 Å². The van der Waals surface area contributed by atoms with Gasteiger partial charge in [0.1, 0.15) is 0 Å². The smallest absolute Gasteiger partial charge is 0.255 e. The molecule has 27 heavy (non-hydrogen) atoms. The number of benzene rings is 1. The van der Waals surface area contributed by atoms with Crippen LogP contribution in [0.3, 0.4) is 0 Å². The monoisotopic (exact) mass is 372 g/mol. The highest BCUT2D eigenvalue weighted by Crippen LogP contribution is 2.32. The van der Waals surface area contributed by atoms with Gasteiger partial charge in [-0.3, -0.25) is 14.4 Å². The van der Waals surface area contributed by atoms with Crippen LogP contribution < -0.4 is 16.8 Å². The summed E-state index contributed by atoms with van der Waals surface area (Å²) in [4.78, 5) is 38.7. The normalized spacial score (nSPS) is 23.2. The summed E-state index contributed by atoms with van der Waals surface area (Å²) in [5.74, 6) is -0.545. The largest absolute Gasteiger partial charge is 0.369 e. The molecule has 0 radical (unpaired) electrons. The molecular formula is C20H28N4O3. The van der Waals surface area contributed by atoms with Crippen LogP contribution in [0.2, 0.25) is 0 Å². The van der Waals surface area contributed by atoms with Crippen molar-refractivity contribution in [3.05, 3.63) is 29.8 Å². The zero-order chi connectivity index (χ0) is 19.4. The van der Waals surface area contributed by atoms with Gasteiger partial charge in [0.25, 0.3) is 5.91 Å². The van der Waals surface area contributed by atoms with Gasteiger partial charge in [0.2, 0.25) is 11.8 Å². The van der Waals surface area contributed by atoms with E-state index in [0.29, 0.717) is 43.7 Å². The van der Waals surface area contributed by atoms with Crippen molar-refractivity contribution < 1.29 is 14.4 Å². The second-order valence-corrected chi connectivity index (χ2v) is 7.54. The SMILES string of the molecule is NC[C@H]1CCC[C@H]1C(=O)Nc1ccccc1C(=O)N1CCC(C(N)=O)CC1. The van der Waals surface area contributed by atoms with Crippen molar-refractivity contribution >= 4 is 23.4 Å². The molecule has 1 aromatic rings. The third-order valence-electron chi connectivity index (χ3n) is 5.90. The maximum atomic E-state index is 13.0. The maximum Gasteiger partial charge on any atom is 0.255 e. The first-order valence-corrected chi connectivity index (χ1v) is 9.69. The van der Waals surface area contributed by atoms with Crippen LogP contribution in [0.15, 0.2) is 24.3 Å². The quantitative estimate of drug-likeness (QED) is 0.722. The number of likely N-dealkylation sites (tertiary alicyclic amines) is 1. The van der Waals surface area contributed by atoms with Gasteiger partial charge in [0, 0.05) is 24.9 Å². The highest BCUT2D eigenvalue weighted by molar-refractivity contribution is 6.04. The molecule has 0 spiro atoms. The van der Waals surface area contributed by atoms with Gasteiger partial charge in [-0.05, 0) is 50.3 Å². The number of nitrogens with zero attached hydrogens (tertiary/aromatic N) is 1. The van der Waals surface area contributed by atoms with E-state index in [0.717, 1.165) is 19.3 Å². The van der Waals surface area contributed by atoms with E-state index in [-0.39, 0.29) is 35.5 Å². The second-order valence-electron chi connectivity index (χ2n) is 7.54. The van der Waals surface area contributed by atoms with Crippen LogP contribution in [0.5, 0.6) is 0 Å². The minimum atomic E-state index is -0.305. The lowest BCUT2D eigenvalue weighted by Crippen LogP contribution is -2.42. The molecule has 3 amide bonds. The van der Waals surface area contributed by atoms with Crippen LogP contribution in [0.4, 0.5) is 5.69 Å². The van der Waals surface area contributed by atoms with Crippen LogP contribution in [-0.2, 0) is 9.59 Å². The average Bonchev–Trinajstić information content (AvgIpc) is 3.17. The number of para-hydroxylation sites is 1. The van der Waals surface area contributed by atoms with E-state index in [4.69, 9.17) is 11.5 Å². The number of piperidine rings is 1. The van der Waals surface area contributed by atoms with Gasteiger partial charge in [-0.15, -0.1) is 0 Å². The first-order chi connectivity index (χ1) is 13.0. The Morgan fingerprint density at radius 3 is 2.44 bits per heavy atom. The average molecular weight is 372 g/mol. The molecule has 3 rings (SSSR count). The highest BCUT2D eigenvalue weighted by atomic mass is 16.2. The van der Waals surface area contributed by atoms with E-state index in [2.05, 4.69) is 5.32 Å². The standard InChI is InChI=1S/C20H28N4O3/c21-12-14-4-3-6-15(14)19(26)23-17-7-2-1-5-16(17)20(27)24-10-8-13(9-11-24)18(22)25/h1-2,5,7,13-15H,3-4,6,8-12,21H2,(H2,22,25)(H,23,26)/t14-,15-/m1/s1. The number of carbonyl (C=O) groups excluding carboxylic acids is 3. The third-order valence-corrected chi connectivity index (χ3v) is 5.90. The number of hydrogen-bond donors (Lipinski definition) is 3. The molecule has 0 aromatic heterocycles. The van der Waals surface area contributed by atoms with E-state index in [1.165, 1.54) is 0 Å². The predicted octanol–water partition coefficient (Wildman–Crippen LogP) is 1.34. The van der Waals surface area contributed by atoms with Gasteiger partial charge < -0.3 is 21.7 Å². The molecule has 146 valence electrons. The van der Waals surface area contributed by atoms with Gasteiger partial charge in [-0.2, -0.15) is 0 Å². The Balaban J connectivity index is 1.69. The lowest BCUT2D eigenvalue weighted by molar-refractivity contribution is -0.123. The van der Waals surface area contributed by atoms with Gasteiger partial charge in [0.15, 0.2) is 0 Å². The Kier molecular flexibility index (Phi) is 6.11. The number of primary amides is 1. The number of hydrogen-bond acceptors (Lipinski definition) is 4. The highest BCUT2D eigenvalue weighted by Gasteiger charge is 2.33. The number of anilines is 1. The summed E-state index contributed by atoms with van der Waals surface area (Å²) in [6.45, 7) is 1.49. The fourth-order valence-electron chi connectivity index (χ4n) is 4.21. The maximum absolute atomic E-state index is 13.0. The molecule has 2 atom stereocenters. The van der Waals surface area contributed by atoms with E-state index in [1.54, 1.807) is 29.2 Å². The summed E-state index contributed by atoms with van der Waals surface area (Å²) in [7, 11) is 0. The molecule has 7 heteroatoms. The molecule has 1 saturated heterocycles. The number of amides is 3. The van der Waals surface area contributed by atoms with E-state index in [1.807, 2.05) is 0 Å². The van der Waals surface area contributed by atoms with Crippen LogP contribution in [0.1, 0.15) is 42.5 Å². The summed E-state index contributed by atoms with van der Waals surface area (Å²) < 4.78 is 0. The molecule has 1 aliphatic heterocycles. The van der Waals surface area contributed by atoms with Crippen LogP contribution in [0.25, 0.3) is 0 Å². The van der Waals surface area contributed by atoms with Gasteiger partial charge >= 0.3 is 0 Å². The molecule has 1 saturated carbocycles.